The van der Waals surface area contributed by atoms with Gasteiger partial charge >= 0.3 is 6.85 Å². The lowest BCUT2D eigenvalue weighted by Crippen LogP contribution is -2.64. The second kappa shape index (κ2) is 9.36. The molecule has 1 aliphatic carbocycles. The molecular weight excluding hydrogens is 599 g/mol. The van der Waals surface area contributed by atoms with Crippen molar-refractivity contribution in [3.8, 4) is 11.1 Å². The molecule has 1 fully saturated rings. The van der Waals surface area contributed by atoms with E-state index in [-0.39, 0.29) is 23.2 Å². The highest BCUT2D eigenvalue weighted by molar-refractivity contribution is 7.26. The van der Waals surface area contributed by atoms with E-state index in [9.17, 15) is 0 Å². The van der Waals surface area contributed by atoms with Crippen LogP contribution in [0, 0.1) is 13.8 Å². The average Bonchev–Trinajstić information content (AvgIpc) is 3.54. The molecule has 238 valence electrons. The van der Waals surface area contributed by atoms with Crippen molar-refractivity contribution in [3.63, 3.8) is 0 Å². The van der Waals surface area contributed by atoms with E-state index in [1.165, 1.54) is 107 Å². The van der Waals surface area contributed by atoms with Crippen molar-refractivity contribution < 1.29 is 0 Å². The first-order chi connectivity index (χ1) is 23.0. The first kappa shape index (κ1) is 28.9. The van der Waals surface area contributed by atoms with Crippen molar-refractivity contribution >= 4 is 72.0 Å². The summed E-state index contributed by atoms with van der Waals surface area (Å²) in [4.78, 5) is 5.64. The molecule has 6 aromatic rings. The molecule has 3 aliphatic heterocycles. The summed E-state index contributed by atoms with van der Waals surface area (Å²) in [6.07, 6.45) is 5.04. The molecule has 4 aliphatic rings. The molecule has 2 atom stereocenters. The number of fused-ring (bicyclic) bond motifs is 11. The standard InChI is InChI=1S/C44H43BN2S/c1-26-22-31-29-18-19-37-38(30-15-9-11-17-36(30)48-37)40(29)47(34-16-10-8-14-27(34)2)45-33-25-28(42(3,4)5)24-32-41(33)46(35(23-26)39(31)45)44(7)21-13-12-20-43(32,44)6/h8-11,14-19,22-25H,12-13,20-21H2,1-7H3. The third kappa shape index (κ3) is 3.45. The number of aryl methyl sites for hydroxylation is 2. The summed E-state index contributed by atoms with van der Waals surface area (Å²) < 4.78 is 2.72. The highest BCUT2D eigenvalue weighted by atomic mass is 32.1. The lowest BCUT2D eigenvalue weighted by molar-refractivity contribution is 0.195. The second-order valence-corrected chi connectivity index (χ2v) is 17.7. The monoisotopic (exact) mass is 642 g/mol. The van der Waals surface area contributed by atoms with Crippen LogP contribution >= 0.6 is 11.3 Å². The molecule has 0 spiro atoms. The molecule has 0 bridgehead atoms. The third-order valence-corrected chi connectivity index (χ3v) is 14.0. The number of thiophene rings is 1. The van der Waals surface area contributed by atoms with Gasteiger partial charge in [-0.15, -0.1) is 11.3 Å². The predicted molar refractivity (Wildman–Crippen MR) is 209 cm³/mol. The van der Waals surface area contributed by atoms with Crippen LogP contribution in [0.2, 0.25) is 0 Å². The first-order valence-corrected chi connectivity index (χ1v) is 18.8. The average molecular weight is 643 g/mol. The summed E-state index contributed by atoms with van der Waals surface area (Å²) in [5, 5.41) is 2.75. The zero-order valence-corrected chi connectivity index (χ0v) is 30.1. The quantitative estimate of drug-likeness (QED) is 0.165. The zero-order valence-electron chi connectivity index (χ0n) is 29.3. The maximum Gasteiger partial charge on any atom is 0.333 e. The number of hydrogen-bond donors (Lipinski definition) is 0. The van der Waals surface area contributed by atoms with Gasteiger partial charge in [0.1, 0.15) is 0 Å². The zero-order chi connectivity index (χ0) is 32.9. The molecule has 2 unspecified atom stereocenters. The molecular formula is C44H43BN2S. The third-order valence-electron chi connectivity index (χ3n) is 12.9. The molecule has 10 rings (SSSR count). The number of hydrogen-bond acceptors (Lipinski definition) is 3. The minimum atomic E-state index is 0.0205. The Bertz CT molecular complexity index is 2380. The van der Waals surface area contributed by atoms with Gasteiger partial charge in [0.2, 0.25) is 0 Å². The van der Waals surface area contributed by atoms with Gasteiger partial charge in [0.25, 0.3) is 0 Å². The van der Waals surface area contributed by atoms with Gasteiger partial charge in [-0.05, 0) is 102 Å². The Balaban J connectivity index is 1.42. The molecule has 4 heteroatoms. The smallest absolute Gasteiger partial charge is 0.333 e. The van der Waals surface area contributed by atoms with Crippen molar-refractivity contribution in [1.82, 2.24) is 0 Å². The Kier molecular flexibility index (Phi) is 5.64. The van der Waals surface area contributed by atoms with Crippen LogP contribution in [0.3, 0.4) is 0 Å². The summed E-state index contributed by atoms with van der Waals surface area (Å²) in [5.74, 6) is 0. The van der Waals surface area contributed by atoms with Crippen LogP contribution in [0.25, 0.3) is 31.3 Å². The van der Waals surface area contributed by atoms with E-state index in [1.807, 2.05) is 11.3 Å². The van der Waals surface area contributed by atoms with Gasteiger partial charge in [0.15, 0.2) is 0 Å². The molecule has 0 amide bonds. The highest BCUT2D eigenvalue weighted by Crippen LogP contribution is 2.63. The lowest BCUT2D eigenvalue weighted by Gasteiger charge is -2.53. The summed E-state index contributed by atoms with van der Waals surface area (Å²) in [6, 6.07) is 33.2. The van der Waals surface area contributed by atoms with Crippen molar-refractivity contribution in [1.29, 1.82) is 0 Å². The molecule has 0 saturated heterocycles. The van der Waals surface area contributed by atoms with E-state index in [2.05, 4.69) is 143 Å². The van der Waals surface area contributed by atoms with E-state index in [1.54, 1.807) is 5.56 Å². The molecule has 1 saturated carbocycles. The van der Waals surface area contributed by atoms with Crippen LogP contribution in [0.1, 0.15) is 82.6 Å². The normalized spacial score (nSPS) is 22.2. The fourth-order valence-electron chi connectivity index (χ4n) is 10.3. The van der Waals surface area contributed by atoms with Crippen molar-refractivity contribution in [2.24, 2.45) is 0 Å². The number of nitrogens with zero attached hydrogens (tertiary/aromatic N) is 2. The van der Waals surface area contributed by atoms with Crippen LogP contribution in [-0.4, -0.2) is 12.4 Å². The predicted octanol–water partition coefficient (Wildman–Crippen LogP) is 10.9. The van der Waals surface area contributed by atoms with E-state index < -0.39 is 0 Å². The Labute approximate surface area is 289 Å². The molecule has 2 nitrogen and oxygen atoms in total. The molecule has 4 heterocycles. The van der Waals surface area contributed by atoms with Gasteiger partial charge in [-0.3, -0.25) is 0 Å². The van der Waals surface area contributed by atoms with Crippen molar-refractivity contribution in [3.05, 3.63) is 107 Å². The summed E-state index contributed by atoms with van der Waals surface area (Å²) in [7, 11) is 0. The number of benzene rings is 5. The van der Waals surface area contributed by atoms with Gasteiger partial charge in [-0.25, -0.2) is 0 Å². The number of anilines is 4. The van der Waals surface area contributed by atoms with Crippen LogP contribution in [-0.2, 0) is 10.8 Å². The Morgan fingerprint density at radius 2 is 1.52 bits per heavy atom. The van der Waals surface area contributed by atoms with Crippen LogP contribution in [0.15, 0.2) is 84.9 Å². The Morgan fingerprint density at radius 1 is 0.750 bits per heavy atom. The SMILES string of the molecule is Cc1cc2c3c(c1)N1c4c(cc(C(C)(C)C)cc4C4(C)CCCCC14C)B3N(c1ccccc1C)c1c-2ccc2sc3ccccc3c12. The first-order valence-electron chi connectivity index (χ1n) is 17.9. The van der Waals surface area contributed by atoms with Gasteiger partial charge in [-0.1, -0.05) is 101 Å². The fraction of sp³-hybridized carbons (Fsp3) is 0.318. The summed E-state index contributed by atoms with van der Waals surface area (Å²) in [5.41, 5.74) is 17.2. The Hall–Kier alpha value is -4.02. The van der Waals surface area contributed by atoms with E-state index in [0.717, 1.165) is 0 Å². The fourth-order valence-corrected chi connectivity index (χ4v) is 11.4. The van der Waals surface area contributed by atoms with Crippen LogP contribution in [0.4, 0.5) is 22.7 Å². The van der Waals surface area contributed by atoms with E-state index >= 15 is 0 Å². The summed E-state index contributed by atoms with van der Waals surface area (Å²) in [6.45, 7) is 17.1. The molecule has 1 aromatic heterocycles. The van der Waals surface area contributed by atoms with Gasteiger partial charge < -0.3 is 9.71 Å². The van der Waals surface area contributed by atoms with E-state index in [0.29, 0.717) is 0 Å². The van der Waals surface area contributed by atoms with Crippen molar-refractivity contribution in [2.45, 2.75) is 90.5 Å². The molecule has 0 radical (unpaired) electrons. The number of rotatable bonds is 1. The second-order valence-electron chi connectivity index (χ2n) is 16.6. The number of para-hydroxylation sites is 1. The van der Waals surface area contributed by atoms with Crippen LogP contribution in [0.5, 0.6) is 0 Å². The minimum absolute atomic E-state index is 0.0205. The van der Waals surface area contributed by atoms with Gasteiger partial charge in [0.05, 0.1) is 5.54 Å². The topological polar surface area (TPSA) is 6.48 Å². The highest BCUT2D eigenvalue weighted by Gasteiger charge is 2.62. The minimum Gasteiger partial charge on any atom is -0.376 e. The maximum atomic E-state index is 2.87. The molecule has 5 aromatic carbocycles. The maximum absolute atomic E-state index is 2.87. The summed E-state index contributed by atoms with van der Waals surface area (Å²) >= 11 is 1.93. The van der Waals surface area contributed by atoms with E-state index in [4.69, 9.17) is 0 Å². The Morgan fingerprint density at radius 3 is 2.33 bits per heavy atom. The van der Waals surface area contributed by atoms with Crippen LogP contribution < -0.4 is 20.6 Å². The van der Waals surface area contributed by atoms with Gasteiger partial charge in [-0.2, -0.15) is 0 Å². The van der Waals surface area contributed by atoms with Gasteiger partial charge in [0, 0.05) is 53.9 Å². The van der Waals surface area contributed by atoms with Crippen molar-refractivity contribution in [2.75, 3.05) is 9.71 Å². The molecule has 0 N–H and O–H groups in total. The lowest BCUT2D eigenvalue weighted by atomic mass is 9.43. The largest absolute Gasteiger partial charge is 0.376 e. The molecule has 48 heavy (non-hydrogen) atoms.